The number of aliphatic imine (C=N–C) groups is 1. The Hall–Kier alpha value is -4.23. The van der Waals surface area contributed by atoms with Gasteiger partial charge in [0.2, 0.25) is 0 Å². The molecule has 4 aromatic rings. The lowest BCUT2D eigenvalue weighted by molar-refractivity contribution is 0.0846. The van der Waals surface area contributed by atoms with Crippen molar-refractivity contribution in [3.63, 3.8) is 0 Å². The molecule has 3 aromatic carbocycles. The smallest absolute Gasteiger partial charge is 0.267 e. The van der Waals surface area contributed by atoms with Crippen molar-refractivity contribution in [3.05, 3.63) is 120 Å². The third-order valence-corrected chi connectivity index (χ3v) is 6.19. The van der Waals surface area contributed by atoms with Gasteiger partial charge < -0.3 is 0 Å². The maximum absolute atomic E-state index is 12.7. The molecule has 1 aliphatic rings. The van der Waals surface area contributed by atoms with Gasteiger partial charge in [0.05, 0.1) is 17.1 Å². The first-order chi connectivity index (χ1) is 16.2. The molecule has 0 fully saturated rings. The summed E-state index contributed by atoms with van der Waals surface area (Å²) in [6, 6.07) is 27.7. The molecule has 2 heterocycles. The average molecular weight is 451 g/mol. The molecule has 0 saturated carbocycles. The molecular formula is C26H18N4O2S. The first-order valence-corrected chi connectivity index (χ1v) is 11.1. The monoisotopic (exact) mass is 450 g/mol. The minimum absolute atomic E-state index is 0.387. The lowest BCUT2D eigenvalue weighted by atomic mass is 10.1. The number of nitrogens with zero attached hydrogens (tertiary/aromatic N) is 2. The fraction of sp³-hybridized carbons (Fsp3) is 0. The number of hydrogen-bond donors (Lipinski definition) is 2. The van der Waals surface area contributed by atoms with E-state index in [4.69, 9.17) is 4.99 Å². The molecular weight excluding hydrogens is 432 g/mol. The number of hydrogen-bond acceptors (Lipinski definition) is 5. The van der Waals surface area contributed by atoms with Gasteiger partial charge in [-0.2, -0.15) is 0 Å². The number of amides is 2. The topological polar surface area (TPSA) is 83.5 Å². The zero-order chi connectivity index (χ0) is 22.6. The molecule has 7 heteroatoms. The molecule has 0 spiro atoms. The fourth-order valence-electron chi connectivity index (χ4n) is 3.43. The highest BCUT2D eigenvalue weighted by Crippen LogP contribution is 2.41. The van der Waals surface area contributed by atoms with Gasteiger partial charge in [0.25, 0.3) is 11.8 Å². The molecule has 2 amide bonds. The van der Waals surface area contributed by atoms with Gasteiger partial charge in [-0.1, -0.05) is 54.2 Å². The zero-order valence-corrected chi connectivity index (χ0v) is 18.2. The lowest BCUT2D eigenvalue weighted by Crippen LogP contribution is -2.41. The van der Waals surface area contributed by atoms with Gasteiger partial charge in [0, 0.05) is 32.7 Å². The van der Waals surface area contributed by atoms with Gasteiger partial charge in [0.15, 0.2) is 0 Å². The molecule has 33 heavy (non-hydrogen) atoms. The summed E-state index contributed by atoms with van der Waals surface area (Å²) in [5, 5.41) is 0. The van der Waals surface area contributed by atoms with Crippen molar-refractivity contribution >= 4 is 35.0 Å². The molecule has 0 saturated heterocycles. The van der Waals surface area contributed by atoms with Crippen LogP contribution in [0, 0.1) is 0 Å². The predicted molar refractivity (Wildman–Crippen MR) is 128 cm³/mol. The molecule has 0 unspecified atom stereocenters. The molecule has 0 aliphatic carbocycles. The van der Waals surface area contributed by atoms with Crippen molar-refractivity contribution in [3.8, 4) is 0 Å². The van der Waals surface area contributed by atoms with E-state index in [-0.39, 0.29) is 5.91 Å². The van der Waals surface area contributed by atoms with Gasteiger partial charge in [-0.05, 0) is 48.5 Å². The molecule has 160 valence electrons. The van der Waals surface area contributed by atoms with E-state index in [1.165, 1.54) is 0 Å². The van der Waals surface area contributed by atoms with Crippen LogP contribution in [0.5, 0.6) is 0 Å². The number of aromatic nitrogens is 1. The predicted octanol–water partition coefficient (Wildman–Crippen LogP) is 4.79. The van der Waals surface area contributed by atoms with E-state index in [2.05, 4.69) is 15.8 Å². The summed E-state index contributed by atoms with van der Waals surface area (Å²) in [6.07, 6.45) is 1.73. The summed E-state index contributed by atoms with van der Waals surface area (Å²) in [7, 11) is 0. The summed E-state index contributed by atoms with van der Waals surface area (Å²) in [4.78, 5) is 36.3. The van der Waals surface area contributed by atoms with Crippen LogP contribution in [-0.4, -0.2) is 22.5 Å². The van der Waals surface area contributed by atoms with Crippen LogP contribution in [-0.2, 0) is 0 Å². The maximum Gasteiger partial charge on any atom is 0.269 e. The van der Waals surface area contributed by atoms with Crippen molar-refractivity contribution in [2.45, 2.75) is 9.79 Å². The first kappa shape index (κ1) is 20.7. The second kappa shape index (κ2) is 9.10. The van der Waals surface area contributed by atoms with E-state index in [0.717, 1.165) is 26.8 Å². The van der Waals surface area contributed by atoms with Crippen LogP contribution in [0.15, 0.2) is 112 Å². The van der Waals surface area contributed by atoms with Crippen molar-refractivity contribution in [1.29, 1.82) is 0 Å². The Balaban J connectivity index is 1.45. The van der Waals surface area contributed by atoms with E-state index in [1.807, 2.05) is 54.6 Å². The fourth-order valence-corrected chi connectivity index (χ4v) is 4.43. The number of hydrazine groups is 1. The van der Waals surface area contributed by atoms with E-state index >= 15 is 0 Å². The molecule has 5 rings (SSSR count). The highest BCUT2D eigenvalue weighted by atomic mass is 32.2. The number of carbonyl (C=O) groups excluding carboxylic acids is 2. The Morgan fingerprint density at radius 1 is 0.697 bits per heavy atom. The number of nitrogens with one attached hydrogen (secondary N) is 2. The Labute approximate surface area is 194 Å². The third kappa shape index (κ3) is 4.40. The minimum atomic E-state index is -0.427. The van der Waals surface area contributed by atoms with Gasteiger partial charge >= 0.3 is 0 Å². The summed E-state index contributed by atoms with van der Waals surface area (Å²) in [5.41, 5.74) is 8.91. The minimum Gasteiger partial charge on any atom is -0.267 e. The van der Waals surface area contributed by atoms with E-state index in [0.29, 0.717) is 16.8 Å². The van der Waals surface area contributed by atoms with E-state index in [9.17, 15) is 9.59 Å². The second-order valence-corrected chi connectivity index (χ2v) is 8.31. The van der Waals surface area contributed by atoms with Gasteiger partial charge in [-0.25, -0.2) is 4.99 Å². The van der Waals surface area contributed by atoms with Crippen LogP contribution in [0.1, 0.15) is 32.0 Å². The highest BCUT2D eigenvalue weighted by molar-refractivity contribution is 7.99. The number of benzene rings is 3. The van der Waals surface area contributed by atoms with Crippen LogP contribution < -0.4 is 10.9 Å². The first-order valence-electron chi connectivity index (χ1n) is 10.3. The molecule has 6 nitrogen and oxygen atoms in total. The van der Waals surface area contributed by atoms with Crippen molar-refractivity contribution in [2.75, 3.05) is 0 Å². The highest BCUT2D eigenvalue weighted by Gasteiger charge is 2.20. The Morgan fingerprint density at radius 3 is 2.21 bits per heavy atom. The molecule has 0 atom stereocenters. The van der Waals surface area contributed by atoms with Gasteiger partial charge in [0.1, 0.15) is 0 Å². The van der Waals surface area contributed by atoms with E-state index in [1.54, 1.807) is 54.4 Å². The quantitative estimate of drug-likeness (QED) is 0.387. The lowest BCUT2D eigenvalue weighted by Gasteiger charge is -2.09. The standard InChI is InChI=1S/C26H18N4O2S/c31-25(17-8-2-1-3-9-17)29-30-26(32)18-13-14-23-21(16-18)28-24(20-11-6-7-15-27-20)19-10-4-5-12-22(19)33-23/h1-16H,(H,29,31)(H,30,32). The van der Waals surface area contributed by atoms with Crippen molar-refractivity contribution in [1.82, 2.24) is 15.8 Å². The molecule has 1 aromatic heterocycles. The molecule has 2 N–H and O–H groups in total. The number of rotatable bonds is 3. The normalized spacial score (nSPS) is 11.9. The van der Waals surface area contributed by atoms with Crippen molar-refractivity contribution in [2.24, 2.45) is 4.99 Å². The number of carbonyl (C=O) groups is 2. The van der Waals surface area contributed by atoms with Gasteiger partial charge in [-0.15, -0.1) is 0 Å². The van der Waals surface area contributed by atoms with Crippen LogP contribution >= 0.6 is 11.8 Å². The second-order valence-electron chi connectivity index (χ2n) is 7.23. The van der Waals surface area contributed by atoms with Crippen LogP contribution in [0.4, 0.5) is 5.69 Å². The summed E-state index contributed by atoms with van der Waals surface area (Å²) < 4.78 is 0. The SMILES string of the molecule is O=C(NNC(=O)c1ccc2c(c1)N=C(c1ccccn1)c1ccccc1S2)c1ccccc1. The summed E-state index contributed by atoms with van der Waals surface area (Å²) in [5.74, 6) is -0.816. The van der Waals surface area contributed by atoms with Crippen molar-refractivity contribution < 1.29 is 9.59 Å². The Kier molecular flexibility index (Phi) is 5.70. The van der Waals surface area contributed by atoms with Gasteiger partial charge in [-0.3, -0.25) is 25.4 Å². The average Bonchev–Trinajstić information content (AvgIpc) is 3.04. The third-order valence-electron chi connectivity index (χ3n) is 5.05. The largest absolute Gasteiger partial charge is 0.269 e. The maximum atomic E-state index is 12.7. The molecule has 1 aliphatic heterocycles. The van der Waals surface area contributed by atoms with Crippen LogP contribution in [0.2, 0.25) is 0 Å². The zero-order valence-electron chi connectivity index (χ0n) is 17.4. The molecule has 0 bridgehead atoms. The summed E-state index contributed by atoms with van der Waals surface area (Å²) in [6.45, 7) is 0. The summed E-state index contributed by atoms with van der Waals surface area (Å²) >= 11 is 1.59. The van der Waals surface area contributed by atoms with Crippen LogP contribution in [0.3, 0.4) is 0 Å². The van der Waals surface area contributed by atoms with Crippen LogP contribution in [0.25, 0.3) is 0 Å². The molecule has 0 radical (unpaired) electrons. The Bertz CT molecular complexity index is 1370. The van der Waals surface area contributed by atoms with E-state index < -0.39 is 5.91 Å². The number of pyridine rings is 1. The number of fused-ring (bicyclic) bond motifs is 2. The Morgan fingerprint density at radius 2 is 1.42 bits per heavy atom.